The molecule has 0 aliphatic heterocycles. The summed E-state index contributed by atoms with van der Waals surface area (Å²) in [5.74, 6) is 1.72. The van der Waals surface area contributed by atoms with E-state index in [-0.39, 0.29) is 35.9 Å². The second-order valence-corrected chi connectivity index (χ2v) is 10.1. The molecule has 1 rings (SSSR count). The zero-order valence-corrected chi connectivity index (χ0v) is 23.3. The van der Waals surface area contributed by atoms with Crippen LogP contribution in [0.4, 0.5) is 0 Å². The number of hydrogen-bond donors (Lipinski definition) is 8. The minimum atomic E-state index is 0.0256. The highest BCUT2D eigenvalue weighted by Crippen LogP contribution is 2.18. The average Bonchev–Trinajstić information content (AvgIpc) is 2.85. The molecule has 10 heteroatoms. The Balaban J connectivity index is 2.57. The van der Waals surface area contributed by atoms with Crippen LogP contribution in [0.25, 0.3) is 0 Å². The molecule has 1 aliphatic rings. The van der Waals surface area contributed by atoms with Crippen LogP contribution in [0.3, 0.4) is 0 Å². The number of hydrogen-bond acceptors (Lipinski definition) is 2. The van der Waals surface area contributed by atoms with Crippen LogP contribution >= 0.6 is 0 Å². The Morgan fingerprint density at radius 3 is 1.47 bits per heavy atom. The Morgan fingerprint density at radius 2 is 1.14 bits per heavy atom. The van der Waals surface area contributed by atoms with E-state index in [9.17, 15) is 0 Å². The lowest BCUT2D eigenvalue weighted by atomic mass is 9.90. The van der Waals surface area contributed by atoms with Crippen LogP contribution < -0.4 is 32.7 Å². The van der Waals surface area contributed by atoms with Crippen LogP contribution in [0.5, 0.6) is 0 Å². The molecule has 0 spiro atoms. The van der Waals surface area contributed by atoms with Crippen LogP contribution in [0.15, 0.2) is 9.98 Å². The average molecular weight is 507 g/mol. The first-order valence-electron chi connectivity index (χ1n) is 14.2. The molecule has 2 unspecified atom stereocenters. The Hall–Kier alpha value is -2.52. The molecule has 0 aromatic heterocycles. The second-order valence-electron chi connectivity index (χ2n) is 10.1. The van der Waals surface area contributed by atoms with Crippen molar-refractivity contribution in [2.24, 2.45) is 33.3 Å². The molecule has 0 saturated heterocycles. The van der Waals surface area contributed by atoms with Crippen molar-refractivity contribution in [3.8, 4) is 0 Å². The van der Waals surface area contributed by atoms with Crippen LogP contribution in [0, 0.1) is 22.7 Å². The number of aliphatic imine (C=N–C) groups is 2. The molecule has 36 heavy (non-hydrogen) atoms. The van der Waals surface area contributed by atoms with Gasteiger partial charge in [-0.15, -0.1) is 0 Å². The zero-order chi connectivity index (χ0) is 26.8. The minimum Gasteiger partial charge on any atom is -0.370 e. The third-order valence-electron chi connectivity index (χ3n) is 7.10. The normalized spacial score (nSPS) is 20.3. The minimum absolute atomic E-state index is 0.0256. The molecule has 0 heterocycles. The van der Waals surface area contributed by atoms with E-state index in [1.807, 2.05) is 0 Å². The summed E-state index contributed by atoms with van der Waals surface area (Å²) >= 11 is 0. The van der Waals surface area contributed by atoms with E-state index in [4.69, 9.17) is 22.3 Å². The van der Waals surface area contributed by atoms with Gasteiger partial charge in [0.2, 0.25) is 11.9 Å². The molecule has 0 bridgehead atoms. The van der Waals surface area contributed by atoms with Crippen molar-refractivity contribution in [3.63, 3.8) is 0 Å². The Morgan fingerprint density at radius 1 is 0.750 bits per heavy atom. The number of nitrogens with zero attached hydrogens (tertiary/aromatic N) is 2. The number of guanidine groups is 4. The lowest BCUT2D eigenvalue weighted by Crippen LogP contribution is -2.56. The zero-order valence-electron chi connectivity index (χ0n) is 23.3. The van der Waals surface area contributed by atoms with Gasteiger partial charge in [0, 0.05) is 25.2 Å². The lowest BCUT2D eigenvalue weighted by molar-refractivity contribution is 0.337. The molecule has 0 amide bonds. The van der Waals surface area contributed by atoms with E-state index in [0.717, 1.165) is 64.5 Å². The quantitative estimate of drug-likeness (QED) is 0.132. The fourth-order valence-electron chi connectivity index (χ4n) is 4.61. The summed E-state index contributed by atoms with van der Waals surface area (Å²) < 4.78 is 0. The van der Waals surface area contributed by atoms with Crippen molar-refractivity contribution in [2.75, 3.05) is 13.1 Å². The Labute approximate surface area is 219 Å². The van der Waals surface area contributed by atoms with Crippen LogP contribution in [0.2, 0.25) is 0 Å². The lowest BCUT2D eigenvalue weighted by Gasteiger charge is -2.33. The molecule has 1 saturated carbocycles. The van der Waals surface area contributed by atoms with Gasteiger partial charge in [0.25, 0.3) is 0 Å². The highest BCUT2D eigenvalue weighted by Gasteiger charge is 2.26. The third-order valence-corrected chi connectivity index (χ3v) is 7.10. The molecular weight excluding hydrogens is 452 g/mol. The van der Waals surface area contributed by atoms with Crippen molar-refractivity contribution in [3.05, 3.63) is 0 Å². The van der Waals surface area contributed by atoms with Crippen molar-refractivity contribution in [1.29, 1.82) is 10.8 Å². The predicted molar refractivity (Wildman–Crippen MR) is 154 cm³/mol. The summed E-state index contributed by atoms with van der Waals surface area (Å²) in [6.45, 7) is 10.2. The third kappa shape index (κ3) is 13.5. The maximum atomic E-state index is 8.14. The number of unbranched alkanes of at least 4 members (excludes halogenated alkanes) is 2. The Bertz CT molecular complexity index is 632. The maximum Gasteiger partial charge on any atom is 0.218 e. The smallest absolute Gasteiger partial charge is 0.218 e. The highest BCUT2D eigenvalue weighted by atomic mass is 15.2. The van der Waals surface area contributed by atoms with E-state index in [1.54, 1.807) is 0 Å². The van der Waals surface area contributed by atoms with Crippen molar-refractivity contribution in [2.45, 2.75) is 117 Å². The standard InChI is InChI=1S/C26H54N10/c1-5-9-13-19(7-3)17-31-23(27)35-25(29)33-21-15-11-12-16-22(21)34-26(30)36-24(28)32-18-20(8-4)14-10-6-2/h19-22H,5-18H2,1-4H3,(H5,27,29,31,33,35)(H5,28,30,32,34,36)/t19?,20?,21-,22-/m1/s1. The van der Waals surface area contributed by atoms with Gasteiger partial charge in [-0.1, -0.05) is 79.1 Å². The van der Waals surface area contributed by atoms with E-state index in [0.29, 0.717) is 11.8 Å². The number of nitrogens with one attached hydrogen (secondary N) is 6. The summed E-state index contributed by atoms with van der Waals surface area (Å²) in [7, 11) is 0. The van der Waals surface area contributed by atoms with E-state index >= 15 is 0 Å². The molecule has 1 fully saturated rings. The summed E-state index contributed by atoms with van der Waals surface area (Å²) in [4.78, 5) is 8.42. The van der Waals surface area contributed by atoms with Gasteiger partial charge in [0.15, 0.2) is 11.9 Å². The van der Waals surface area contributed by atoms with E-state index < -0.39 is 0 Å². The molecule has 1 aliphatic carbocycles. The maximum absolute atomic E-state index is 8.14. The van der Waals surface area contributed by atoms with Gasteiger partial charge in [-0.3, -0.25) is 10.8 Å². The molecule has 208 valence electrons. The number of nitrogens with two attached hydrogens (primary N) is 2. The molecule has 4 atom stereocenters. The van der Waals surface area contributed by atoms with Crippen LogP contribution in [0.1, 0.15) is 105 Å². The van der Waals surface area contributed by atoms with Crippen molar-refractivity contribution >= 4 is 23.8 Å². The summed E-state index contributed by atoms with van der Waals surface area (Å²) in [6.07, 6.45) is 13.3. The monoisotopic (exact) mass is 506 g/mol. The molecule has 0 aromatic rings. The second kappa shape index (κ2) is 18.7. The summed E-state index contributed by atoms with van der Waals surface area (Å²) in [6, 6.07) is 0.0512. The first-order valence-corrected chi connectivity index (χ1v) is 14.2. The molecule has 0 radical (unpaired) electrons. The predicted octanol–water partition coefficient (Wildman–Crippen LogP) is 3.59. The fraction of sp³-hybridized carbons (Fsp3) is 0.846. The van der Waals surface area contributed by atoms with E-state index in [1.165, 1.54) is 25.7 Å². The van der Waals surface area contributed by atoms with Gasteiger partial charge in [-0.2, -0.15) is 9.98 Å². The molecule has 10 N–H and O–H groups in total. The van der Waals surface area contributed by atoms with E-state index in [2.05, 4.69) is 58.9 Å². The first kappa shape index (κ1) is 31.5. The number of rotatable bonds is 14. The van der Waals surface area contributed by atoms with Crippen molar-refractivity contribution in [1.82, 2.24) is 21.3 Å². The molecule has 10 nitrogen and oxygen atoms in total. The molecular formula is C26H54N10. The van der Waals surface area contributed by atoms with Gasteiger partial charge < -0.3 is 32.7 Å². The highest BCUT2D eigenvalue weighted by molar-refractivity contribution is 5.93. The van der Waals surface area contributed by atoms with Gasteiger partial charge in [0.1, 0.15) is 0 Å². The van der Waals surface area contributed by atoms with Crippen molar-refractivity contribution < 1.29 is 0 Å². The summed E-state index contributed by atoms with van der Waals surface area (Å²) in [5, 5.41) is 29.0. The van der Waals surface area contributed by atoms with Gasteiger partial charge >= 0.3 is 0 Å². The van der Waals surface area contributed by atoms with Gasteiger partial charge in [-0.25, -0.2) is 0 Å². The van der Waals surface area contributed by atoms with Gasteiger partial charge in [0.05, 0.1) is 0 Å². The topological polar surface area (TPSA) is 173 Å². The summed E-state index contributed by atoms with van der Waals surface area (Å²) in [5.41, 5.74) is 12.3. The first-order chi connectivity index (χ1) is 17.3. The SMILES string of the molecule is CCCCC(CC)CNC(=N)/N=C(\N)N[C@@H]1CCCC[C@H]1N/C(N)=N/C(=N)NCC(CC)CCCC. The van der Waals surface area contributed by atoms with Gasteiger partial charge in [-0.05, 0) is 37.5 Å². The van der Waals surface area contributed by atoms with Crippen LogP contribution in [-0.4, -0.2) is 49.0 Å². The van der Waals surface area contributed by atoms with Crippen LogP contribution in [-0.2, 0) is 0 Å². The largest absolute Gasteiger partial charge is 0.370 e. The molecule has 0 aromatic carbocycles. The fourth-order valence-corrected chi connectivity index (χ4v) is 4.61. The Kier molecular flexibility index (Phi) is 16.4.